The van der Waals surface area contributed by atoms with Gasteiger partial charge in [0.05, 0.1) is 5.01 Å². The van der Waals surface area contributed by atoms with Crippen molar-refractivity contribution in [2.75, 3.05) is 13.1 Å². The van der Waals surface area contributed by atoms with Gasteiger partial charge in [0.25, 0.3) is 11.8 Å². The van der Waals surface area contributed by atoms with Gasteiger partial charge in [-0.1, -0.05) is 36.9 Å². The molecular formula is C23H27ClN4O3S. The average molecular weight is 475 g/mol. The Kier molecular flexibility index (Phi) is 7.42. The van der Waals surface area contributed by atoms with Gasteiger partial charge in [0, 0.05) is 40.9 Å². The number of halogens is 1. The van der Waals surface area contributed by atoms with Crippen LogP contribution in [0.25, 0.3) is 0 Å². The summed E-state index contributed by atoms with van der Waals surface area (Å²) in [6.45, 7) is 1.49. The van der Waals surface area contributed by atoms with E-state index < -0.39 is 11.8 Å². The number of rotatable bonds is 4. The van der Waals surface area contributed by atoms with Gasteiger partial charge >= 0.3 is 0 Å². The van der Waals surface area contributed by atoms with Crippen molar-refractivity contribution in [1.82, 2.24) is 20.7 Å². The predicted octanol–water partition coefficient (Wildman–Crippen LogP) is 4.16. The maximum atomic E-state index is 12.8. The molecule has 0 bridgehead atoms. The van der Waals surface area contributed by atoms with Crippen molar-refractivity contribution in [3.8, 4) is 0 Å². The summed E-state index contributed by atoms with van der Waals surface area (Å²) in [6.07, 6.45) is 7.34. The molecule has 2 aromatic rings. The van der Waals surface area contributed by atoms with E-state index in [1.165, 1.54) is 23.8 Å². The molecule has 1 aliphatic carbocycles. The van der Waals surface area contributed by atoms with E-state index in [-0.39, 0.29) is 17.5 Å². The number of aromatic nitrogens is 1. The third-order valence-electron chi connectivity index (χ3n) is 6.24. The number of piperidine rings is 1. The summed E-state index contributed by atoms with van der Waals surface area (Å²) < 4.78 is 0. The minimum Gasteiger partial charge on any atom is -0.342 e. The van der Waals surface area contributed by atoms with E-state index in [1.54, 1.807) is 23.6 Å². The lowest BCUT2D eigenvalue weighted by atomic mass is 9.87. The maximum Gasteiger partial charge on any atom is 0.289 e. The quantitative estimate of drug-likeness (QED) is 0.651. The second kappa shape index (κ2) is 10.4. The van der Waals surface area contributed by atoms with Gasteiger partial charge < -0.3 is 4.90 Å². The maximum absolute atomic E-state index is 12.8. The number of likely N-dealkylation sites (tertiary alicyclic amines) is 1. The summed E-state index contributed by atoms with van der Waals surface area (Å²) in [5.74, 6) is -0.146. The molecule has 2 aliphatic rings. The van der Waals surface area contributed by atoms with Crippen LogP contribution in [0.2, 0.25) is 5.02 Å². The number of thiazole rings is 1. The van der Waals surface area contributed by atoms with E-state index in [1.807, 2.05) is 4.90 Å². The van der Waals surface area contributed by atoms with Gasteiger partial charge in [-0.05, 0) is 43.9 Å². The van der Waals surface area contributed by atoms with Crippen LogP contribution in [0, 0.1) is 5.92 Å². The fourth-order valence-corrected chi connectivity index (χ4v) is 5.58. The molecule has 0 radical (unpaired) electrons. The van der Waals surface area contributed by atoms with Crippen LogP contribution in [0.5, 0.6) is 0 Å². The zero-order chi connectivity index (χ0) is 22.5. The van der Waals surface area contributed by atoms with Crippen LogP contribution in [0.15, 0.2) is 29.6 Å². The number of nitrogens with zero attached hydrogens (tertiary/aromatic N) is 2. The highest BCUT2D eigenvalue weighted by molar-refractivity contribution is 7.09. The molecule has 0 atom stereocenters. The van der Waals surface area contributed by atoms with E-state index in [0.717, 1.165) is 56.6 Å². The first-order valence-corrected chi connectivity index (χ1v) is 12.4. The number of carbonyl (C=O) groups excluding carboxylic acids is 3. The second-order valence-corrected chi connectivity index (χ2v) is 9.75. The van der Waals surface area contributed by atoms with Gasteiger partial charge in [0.15, 0.2) is 0 Å². The SMILES string of the molecule is O=C(NNC(=O)c1csc(C2CCN(C(=O)C3CCCCC3)CC2)n1)c1cccc(Cl)c1. The third kappa shape index (κ3) is 5.48. The molecule has 2 fully saturated rings. The summed E-state index contributed by atoms with van der Waals surface area (Å²) in [6, 6.07) is 6.47. The zero-order valence-electron chi connectivity index (χ0n) is 17.8. The van der Waals surface area contributed by atoms with Gasteiger partial charge in [0.2, 0.25) is 5.91 Å². The molecule has 1 saturated heterocycles. The summed E-state index contributed by atoms with van der Waals surface area (Å²) >= 11 is 7.34. The van der Waals surface area contributed by atoms with Crippen molar-refractivity contribution in [1.29, 1.82) is 0 Å². The molecule has 0 spiro atoms. The van der Waals surface area contributed by atoms with Gasteiger partial charge in [-0.15, -0.1) is 11.3 Å². The summed E-state index contributed by atoms with van der Waals surface area (Å²) in [5.41, 5.74) is 5.42. The first kappa shape index (κ1) is 22.7. The van der Waals surface area contributed by atoms with E-state index in [9.17, 15) is 14.4 Å². The van der Waals surface area contributed by atoms with Crippen LogP contribution in [0.4, 0.5) is 0 Å². The molecule has 0 unspecified atom stereocenters. The molecule has 1 aliphatic heterocycles. The lowest BCUT2D eigenvalue weighted by Gasteiger charge is -2.34. The number of hydrogen-bond donors (Lipinski definition) is 2. The van der Waals surface area contributed by atoms with Gasteiger partial charge in [-0.2, -0.15) is 0 Å². The van der Waals surface area contributed by atoms with Crippen molar-refractivity contribution in [2.24, 2.45) is 5.92 Å². The Bertz CT molecular complexity index is 981. The fraction of sp³-hybridized carbons (Fsp3) is 0.478. The Morgan fingerprint density at radius 1 is 1.00 bits per heavy atom. The smallest absolute Gasteiger partial charge is 0.289 e. The Hall–Kier alpha value is -2.45. The molecule has 1 aromatic carbocycles. The molecule has 1 aromatic heterocycles. The molecule has 3 amide bonds. The number of hydrogen-bond acceptors (Lipinski definition) is 5. The van der Waals surface area contributed by atoms with Crippen molar-refractivity contribution >= 4 is 40.7 Å². The Labute approximate surface area is 196 Å². The van der Waals surface area contributed by atoms with Crippen LogP contribution in [-0.4, -0.2) is 40.7 Å². The Balaban J connectivity index is 1.27. The molecule has 4 rings (SSSR count). The Morgan fingerprint density at radius 2 is 1.72 bits per heavy atom. The number of amides is 3. The minimum absolute atomic E-state index is 0.206. The van der Waals surface area contributed by atoms with Gasteiger partial charge in [0.1, 0.15) is 5.69 Å². The highest BCUT2D eigenvalue weighted by Crippen LogP contribution is 2.32. The van der Waals surface area contributed by atoms with Crippen LogP contribution < -0.4 is 10.9 Å². The van der Waals surface area contributed by atoms with E-state index in [0.29, 0.717) is 16.5 Å². The number of carbonyl (C=O) groups is 3. The predicted molar refractivity (Wildman–Crippen MR) is 124 cm³/mol. The van der Waals surface area contributed by atoms with Crippen LogP contribution in [0.3, 0.4) is 0 Å². The van der Waals surface area contributed by atoms with Crippen LogP contribution in [0.1, 0.15) is 76.7 Å². The highest BCUT2D eigenvalue weighted by atomic mass is 35.5. The summed E-state index contributed by atoms with van der Waals surface area (Å²) in [7, 11) is 0. The Morgan fingerprint density at radius 3 is 2.44 bits per heavy atom. The molecule has 2 heterocycles. The molecule has 170 valence electrons. The molecule has 7 nitrogen and oxygen atoms in total. The molecular weight excluding hydrogens is 448 g/mol. The van der Waals surface area contributed by atoms with E-state index in [2.05, 4.69) is 15.8 Å². The fourth-order valence-electron chi connectivity index (χ4n) is 4.41. The molecule has 2 N–H and O–H groups in total. The van der Waals surface area contributed by atoms with Gasteiger partial charge in [-0.25, -0.2) is 4.98 Å². The number of benzene rings is 1. The lowest BCUT2D eigenvalue weighted by Crippen LogP contribution is -2.42. The van der Waals surface area contributed by atoms with Crippen molar-refractivity contribution in [3.05, 3.63) is 50.9 Å². The molecule has 9 heteroatoms. The minimum atomic E-state index is -0.465. The van der Waals surface area contributed by atoms with Gasteiger partial charge in [-0.3, -0.25) is 25.2 Å². The lowest BCUT2D eigenvalue weighted by molar-refractivity contribution is -0.137. The van der Waals surface area contributed by atoms with Crippen molar-refractivity contribution < 1.29 is 14.4 Å². The topological polar surface area (TPSA) is 91.4 Å². The first-order chi connectivity index (χ1) is 15.5. The average Bonchev–Trinajstić information content (AvgIpc) is 3.33. The third-order valence-corrected chi connectivity index (χ3v) is 7.48. The normalized spacial score (nSPS) is 17.7. The van der Waals surface area contributed by atoms with E-state index >= 15 is 0 Å². The summed E-state index contributed by atoms with van der Waals surface area (Å²) in [4.78, 5) is 43.8. The number of hydrazine groups is 1. The van der Waals surface area contributed by atoms with Crippen LogP contribution >= 0.6 is 22.9 Å². The van der Waals surface area contributed by atoms with Crippen molar-refractivity contribution in [2.45, 2.75) is 50.9 Å². The van der Waals surface area contributed by atoms with Crippen LogP contribution in [-0.2, 0) is 4.79 Å². The van der Waals surface area contributed by atoms with Crippen molar-refractivity contribution in [3.63, 3.8) is 0 Å². The zero-order valence-corrected chi connectivity index (χ0v) is 19.4. The highest BCUT2D eigenvalue weighted by Gasteiger charge is 2.30. The monoisotopic (exact) mass is 474 g/mol. The number of nitrogens with one attached hydrogen (secondary N) is 2. The second-order valence-electron chi connectivity index (χ2n) is 8.42. The van der Waals surface area contributed by atoms with E-state index in [4.69, 9.17) is 11.6 Å². The molecule has 1 saturated carbocycles. The standard InChI is InChI=1S/C23H27ClN4O3S/c24-18-8-4-7-17(13-18)20(29)26-27-21(30)19-14-32-22(25-19)15-9-11-28(12-10-15)23(31)16-5-2-1-3-6-16/h4,7-8,13-16H,1-3,5-6,9-12H2,(H,26,29)(H,27,30). The molecule has 32 heavy (non-hydrogen) atoms. The first-order valence-electron chi connectivity index (χ1n) is 11.1. The largest absolute Gasteiger partial charge is 0.342 e. The summed E-state index contributed by atoms with van der Waals surface area (Å²) in [5, 5.41) is 3.05.